The van der Waals surface area contributed by atoms with Crippen molar-refractivity contribution in [1.29, 1.82) is 0 Å². The number of rotatable bonds is 2. The van der Waals surface area contributed by atoms with Crippen molar-refractivity contribution in [3.63, 3.8) is 0 Å². The first kappa shape index (κ1) is 4.59. The highest BCUT2D eigenvalue weighted by molar-refractivity contribution is 5.71. The zero-order valence-corrected chi connectivity index (χ0v) is 4.01. The summed E-state index contributed by atoms with van der Waals surface area (Å²) in [6.45, 7) is 1.43. The van der Waals surface area contributed by atoms with Crippen LogP contribution in [0.25, 0.3) is 0 Å². The Morgan fingerprint density at radius 2 is 2.57 bits per heavy atom. The molecule has 7 heavy (non-hydrogen) atoms. The van der Waals surface area contributed by atoms with Gasteiger partial charge in [-0.25, -0.2) is 4.79 Å². The number of carboxylic acid groups (broad SMARTS) is 1. The fraction of sp³-hybridized carbons (Fsp3) is 0.750. The summed E-state index contributed by atoms with van der Waals surface area (Å²) in [4.78, 5) is 9.81. The Morgan fingerprint density at radius 3 is 2.57 bits per heavy atom. The summed E-state index contributed by atoms with van der Waals surface area (Å²) in [5.41, 5.74) is 0. The van der Waals surface area contributed by atoms with Gasteiger partial charge in [0.25, 0.3) is 0 Å². The molecule has 42 valence electrons. The molecule has 0 aromatic carbocycles. The zero-order chi connectivity index (χ0) is 6.78. The number of hydrogen-bond donors (Lipinski definition) is 2. The van der Waals surface area contributed by atoms with Crippen molar-refractivity contribution in [2.75, 3.05) is 0 Å². The molecule has 3 heteroatoms. The lowest BCUT2D eigenvalue weighted by Gasteiger charge is -1.95. The van der Waals surface area contributed by atoms with E-state index in [1.54, 1.807) is 0 Å². The second kappa shape index (κ2) is 2.58. The zero-order valence-electron chi connectivity index (χ0n) is 5.01. The van der Waals surface area contributed by atoms with Gasteiger partial charge in [0.15, 0.2) is 6.08 Å². The highest BCUT2D eigenvalue weighted by Gasteiger charge is 2.07. The lowest BCUT2D eigenvalue weighted by Crippen LogP contribution is -2.17. The molecule has 0 aromatic rings. The maximum absolute atomic E-state index is 9.81. The second-order valence-corrected chi connectivity index (χ2v) is 1.11. The van der Waals surface area contributed by atoms with Gasteiger partial charge in [-0.3, -0.25) is 0 Å². The van der Waals surface area contributed by atoms with Crippen molar-refractivity contribution in [1.82, 2.24) is 0 Å². The molecule has 0 saturated carbocycles. The Hall–Kier alpha value is -0.570. The van der Waals surface area contributed by atoms with Crippen molar-refractivity contribution in [3.8, 4) is 0 Å². The summed E-state index contributed by atoms with van der Waals surface area (Å²) in [6.07, 6.45) is -2.39. The van der Waals surface area contributed by atoms with E-state index >= 15 is 0 Å². The molecule has 0 heterocycles. The largest absolute Gasteiger partial charge is 0.479 e. The number of carbonyl (C=O) groups is 1. The number of aliphatic carboxylic acids is 1. The van der Waals surface area contributed by atoms with Crippen LogP contribution in [0.15, 0.2) is 0 Å². The lowest BCUT2D eigenvalue weighted by atomic mass is 10.3. The van der Waals surface area contributed by atoms with Crippen LogP contribution in [0.2, 0.25) is 0 Å². The van der Waals surface area contributed by atoms with Gasteiger partial charge < -0.3 is 10.2 Å². The summed E-state index contributed by atoms with van der Waals surface area (Å²) >= 11 is 0. The summed E-state index contributed by atoms with van der Waals surface area (Å²) in [5, 5.41) is 16.5. The van der Waals surface area contributed by atoms with Crippen molar-refractivity contribution >= 4 is 5.97 Å². The van der Waals surface area contributed by atoms with E-state index in [0.717, 1.165) is 0 Å². The third-order valence-electron chi connectivity index (χ3n) is 0.582. The molecule has 0 bridgehead atoms. The third-order valence-corrected chi connectivity index (χ3v) is 0.582. The van der Waals surface area contributed by atoms with E-state index in [-0.39, 0.29) is 6.42 Å². The number of aliphatic hydroxyl groups is 1. The van der Waals surface area contributed by atoms with Crippen molar-refractivity contribution in [2.24, 2.45) is 0 Å². The van der Waals surface area contributed by atoms with Crippen LogP contribution in [0.4, 0.5) is 0 Å². The van der Waals surface area contributed by atoms with Gasteiger partial charge in [-0.2, -0.15) is 0 Å². The van der Waals surface area contributed by atoms with Gasteiger partial charge in [-0.05, 0) is 6.42 Å². The molecule has 0 aliphatic rings. The number of carboxylic acids is 1. The standard InChI is InChI=1S/C4H8O3/c1-2-3(5)4(6)7/h3,5H,2H2,1H3,(H,6,7)/i3D. The summed E-state index contributed by atoms with van der Waals surface area (Å²) < 4.78 is 6.59. The Balaban J connectivity index is 3.91. The normalized spacial score (nSPS) is 20.0. The maximum atomic E-state index is 9.81. The quantitative estimate of drug-likeness (QED) is 0.513. The Kier molecular flexibility index (Phi) is 1.69. The molecule has 0 amide bonds. The average molecular weight is 105 g/mol. The second-order valence-electron chi connectivity index (χ2n) is 1.11. The Morgan fingerprint density at radius 1 is 2.14 bits per heavy atom. The van der Waals surface area contributed by atoms with Crippen LogP contribution < -0.4 is 0 Å². The Labute approximate surface area is 43.0 Å². The molecule has 0 spiro atoms. The SMILES string of the molecule is [2H]C(O)(CC)C(=O)O. The Bertz CT molecular complexity index is 99.5. The molecule has 0 aliphatic carbocycles. The van der Waals surface area contributed by atoms with Gasteiger partial charge in [0.1, 0.15) is 0 Å². The van der Waals surface area contributed by atoms with Crippen molar-refractivity contribution in [2.45, 2.75) is 19.4 Å². The monoisotopic (exact) mass is 105 g/mol. The highest BCUT2D eigenvalue weighted by atomic mass is 16.4. The minimum Gasteiger partial charge on any atom is -0.479 e. The summed E-state index contributed by atoms with van der Waals surface area (Å²) in [5.74, 6) is -1.50. The van der Waals surface area contributed by atoms with E-state index in [1.165, 1.54) is 6.92 Å². The van der Waals surface area contributed by atoms with E-state index in [0.29, 0.717) is 0 Å². The van der Waals surface area contributed by atoms with Crippen LogP contribution in [0, 0.1) is 0 Å². The van der Waals surface area contributed by atoms with Crippen LogP contribution in [-0.4, -0.2) is 22.3 Å². The van der Waals surface area contributed by atoms with Crippen LogP contribution in [-0.2, 0) is 4.79 Å². The summed E-state index contributed by atoms with van der Waals surface area (Å²) in [7, 11) is 0. The average Bonchev–Trinajstić information content (AvgIpc) is 1.67. The molecule has 3 nitrogen and oxygen atoms in total. The highest BCUT2D eigenvalue weighted by Crippen LogP contribution is 1.86. The van der Waals surface area contributed by atoms with Gasteiger partial charge in [0.05, 0.1) is 1.37 Å². The van der Waals surface area contributed by atoms with E-state index < -0.39 is 12.0 Å². The minimum atomic E-state index is -2.29. The molecule has 0 radical (unpaired) electrons. The molecule has 0 rings (SSSR count). The van der Waals surface area contributed by atoms with E-state index in [9.17, 15) is 4.79 Å². The molecule has 0 saturated heterocycles. The third kappa shape index (κ3) is 2.17. The van der Waals surface area contributed by atoms with Crippen molar-refractivity contribution < 1.29 is 16.4 Å². The van der Waals surface area contributed by atoms with Gasteiger partial charge >= 0.3 is 5.97 Å². The fourth-order valence-electron chi connectivity index (χ4n) is 0.151. The molecule has 0 aromatic heterocycles. The maximum Gasteiger partial charge on any atom is 0.332 e. The van der Waals surface area contributed by atoms with Gasteiger partial charge in [0.2, 0.25) is 0 Å². The molecule has 2 N–H and O–H groups in total. The first-order valence-electron chi connectivity index (χ1n) is 2.46. The number of hydrogen-bond acceptors (Lipinski definition) is 2. The predicted molar refractivity (Wildman–Crippen MR) is 23.9 cm³/mol. The van der Waals surface area contributed by atoms with E-state index in [2.05, 4.69) is 0 Å². The van der Waals surface area contributed by atoms with Crippen LogP contribution in [0.5, 0.6) is 0 Å². The van der Waals surface area contributed by atoms with Crippen LogP contribution in [0.3, 0.4) is 0 Å². The van der Waals surface area contributed by atoms with Gasteiger partial charge in [-0.15, -0.1) is 0 Å². The minimum absolute atomic E-state index is 0.0949. The molecule has 0 aliphatic heterocycles. The molecular weight excluding hydrogens is 96.0 g/mol. The van der Waals surface area contributed by atoms with Gasteiger partial charge in [-0.1, -0.05) is 6.92 Å². The van der Waals surface area contributed by atoms with Crippen LogP contribution >= 0.6 is 0 Å². The smallest absolute Gasteiger partial charge is 0.332 e. The van der Waals surface area contributed by atoms with Gasteiger partial charge in [0, 0.05) is 0 Å². The molecule has 1 unspecified atom stereocenters. The fourth-order valence-corrected chi connectivity index (χ4v) is 0.151. The molecule has 0 fully saturated rings. The van der Waals surface area contributed by atoms with E-state index in [4.69, 9.17) is 11.6 Å². The van der Waals surface area contributed by atoms with Crippen molar-refractivity contribution in [3.05, 3.63) is 0 Å². The van der Waals surface area contributed by atoms with Crippen LogP contribution in [0.1, 0.15) is 14.7 Å². The molecule has 1 atom stereocenters. The van der Waals surface area contributed by atoms with E-state index in [1.807, 2.05) is 0 Å². The topological polar surface area (TPSA) is 57.5 Å². The lowest BCUT2D eigenvalue weighted by molar-refractivity contribution is -0.146. The summed E-state index contributed by atoms with van der Waals surface area (Å²) in [6, 6.07) is 0. The first-order chi connectivity index (χ1) is 3.50. The molecular formula is C4H8O3. The predicted octanol–water partition coefficient (Wildman–Crippen LogP) is -0.158. The first-order valence-corrected chi connectivity index (χ1v) is 1.96.